The highest BCUT2D eigenvalue weighted by molar-refractivity contribution is 5.97. The predicted molar refractivity (Wildman–Crippen MR) is 193 cm³/mol. The van der Waals surface area contributed by atoms with Gasteiger partial charge in [-0.15, -0.1) is 0 Å². The summed E-state index contributed by atoms with van der Waals surface area (Å²) in [4.78, 5) is 43.6. The minimum absolute atomic E-state index is 0.0586. The SMILES string of the molecule is CO[C@]1(C)C[C@H](O[C@H]2[C@H](C)[C@H]3O[C@@H]4O[C@H](C)C[C@H](N(C)C)[C@H]4C[C@@]3(O)C[C@@H](C)CN(C)C(=O)c3cccc(c3)NC(=O)[C@@H]2C)O[C@@H](C)[C@@H]1OC(C)=O. The Bertz CT molecular complexity index is 1440. The van der Waals surface area contributed by atoms with Crippen molar-refractivity contribution in [2.75, 3.05) is 40.1 Å². The summed E-state index contributed by atoms with van der Waals surface area (Å²) in [6.07, 6.45) is -2.63. The Morgan fingerprint density at radius 3 is 2.42 bits per heavy atom. The zero-order valence-corrected chi connectivity index (χ0v) is 32.8. The summed E-state index contributed by atoms with van der Waals surface area (Å²) >= 11 is 0. The van der Waals surface area contributed by atoms with E-state index >= 15 is 0 Å². The van der Waals surface area contributed by atoms with Crippen molar-refractivity contribution in [1.29, 1.82) is 0 Å². The zero-order valence-electron chi connectivity index (χ0n) is 32.8. The number of esters is 1. The second kappa shape index (κ2) is 16.0. The number of benzene rings is 1. The molecular formula is C39H61N3O10. The van der Waals surface area contributed by atoms with Gasteiger partial charge in [0, 0.05) is 63.2 Å². The first-order chi connectivity index (χ1) is 24.3. The van der Waals surface area contributed by atoms with Gasteiger partial charge in [0.25, 0.3) is 5.91 Å². The van der Waals surface area contributed by atoms with E-state index in [2.05, 4.69) is 10.2 Å². The number of anilines is 1. The quantitative estimate of drug-likeness (QED) is 0.423. The van der Waals surface area contributed by atoms with Gasteiger partial charge in [0.15, 0.2) is 18.7 Å². The number of ether oxygens (including phenoxy) is 6. The van der Waals surface area contributed by atoms with Crippen molar-refractivity contribution < 1.29 is 47.9 Å². The smallest absolute Gasteiger partial charge is 0.303 e. The summed E-state index contributed by atoms with van der Waals surface area (Å²) in [6.45, 7) is 13.2. The molecule has 2 N–H and O–H groups in total. The topological polar surface area (TPSA) is 145 Å². The number of methoxy groups -OCH3 is 1. The number of fused-ring (bicyclic) bond motifs is 4. The monoisotopic (exact) mass is 731 g/mol. The van der Waals surface area contributed by atoms with Gasteiger partial charge in [-0.2, -0.15) is 0 Å². The van der Waals surface area contributed by atoms with Crippen LogP contribution in [-0.4, -0.2) is 128 Å². The highest BCUT2D eigenvalue weighted by atomic mass is 16.7. The van der Waals surface area contributed by atoms with Crippen LogP contribution in [0.3, 0.4) is 0 Å². The summed E-state index contributed by atoms with van der Waals surface area (Å²) in [5.41, 5.74) is -1.37. The minimum Gasteiger partial charge on any atom is -0.457 e. The van der Waals surface area contributed by atoms with E-state index in [-0.39, 0.29) is 42.2 Å². The fourth-order valence-corrected chi connectivity index (χ4v) is 9.25. The number of aliphatic hydroxyl groups is 1. The molecule has 292 valence electrons. The van der Waals surface area contributed by atoms with E-state index in [9.17, 15) is 19.5 Å². The van der Waals surface area contributed by atoms with Gasteiger partial charge in [-0.25, -0.2) is 0 Å². The maximum Gasteiger partial charge on any atom is 0.303 e. The van der Waals surface area contributed by atoms with Crippen LogP contribution < -0.4 is 5.32 Å². The molecule has 0 radical (unpaired) electrons. The average Bonchev–Trinajstić information content (AvgIpc) is 3.06. The minimum atomic E-state index is -1.36. The second-order valence-electron chi connectivity index (χ2n) is 16.4. The molecule has 1 aromatic rings. The van der Waals surface area contributed by atoms with Crippen LogP contribution in [0.25, 0.3) is 0 Å². The van der Waals surface area contributed by atoms with Crippen molar-refractivity contribution in [1.82, 2.24) is 9.80 Å². The molecule has 4 aliphatic rings. The van der Waals surface area contributed by atoms with Crippen LogP contribution in [0.4, 0.5) is 5.69 Å². The number of rotatable bonds is 5. The van der Waals surface area contributed by atoms with Gasteiger partial charge >= 0.3 is 5.97 Å². The number of carbonyl (C=O) groups excluding carboxylic acids is 3. The molecule has 0 aromatic heterocycles. The molecule has 3 saturated heterocycles. The summed E-state index contributed by atoms with van der Waals surface area (Å²) in [5.74, 6) is -2.50. The molecule has 13 heteroatoms. The Labute approximate surface area is 308 Å². The van der Waals surface area contributed by atoms with Gasteiger partial charge in [0.05, 0.1) is 35.9 Å². The fraction of sp³-hybridized carbons (Fsp3) is 0.769. The summed E-state index contributed by atoms with van der Waals surface area (Å²) in [5, 5.41) is 16.0. The van der Waals surface area contributed by atoms with E-state index in [4.69, 9.17) is 28.4 Å². The van der Waals surface area contributed by atoms with Gasteiger partial charge < -0.3 is 48.6 Å². The molecule has 0 unspecified atom stereocenters. The molecule has 1 aromatic carbocycles. The number of hydrogen-bond acceptors (Lipinski definition) is 11. The van der Waals surface area contributed by atoms with Crippen LogP contribution >= 0.6 is 0 Å². The second-order valence-corrected chi connectivity index (χ2v) is 16.4. The van der Waals surface area contributed by atoms with Crippen LogP contribution in [0, 0.1) is 23.7 Å². The molecule has 4 aliphatic heterocycles. The number of nitrogens with one attached hydrogen (secondary N) is 1. The lowest BCUT2D eigenvalue weighted by Gasteiger charge is -2.56. The Morgan fingerprint density at radius 2 is 1.77 bits per heavy atom. The van der Waals surface area contributed by atoms with Crippen LogP contribution in [0.1, 0.15) is 84.5 Å². The highest BCUT2D eigenvalue weighted by Crippen LogP contribution is 2.48. The van der Waals surface area contributed by atoms with Gasteiger partial charge in [-0.1, -0.05) is 26.8 Å². The van der Waals surface area contributed by atoms with Crippen molar-refractivity contribution in [2.24, 2.45) is 23.7 Å². The lowest BCUT2D eigenvalue weighted by Crippen LogP contribution is -2.65. The van der Waals surface area contributed by atoms with Crippen LogP contribution in [0.15, 0.2) is 24.3 Å². The number of amides is 2. The van der Waals surface area contributed by atoms with E-state index in [0.717, 1.165) is 6.42 Å². The lowest BCUT2D eigenvalue weighted by atomic mass is 9.69. The van der Waals surface area contributed by atoms with Crippen molar-refractivity contribution >= 4 is 23.5 Å². The van der Waals surface area contributed by atoms with Gasteiger partial charge in [-0.05, 0) is 78.2 Å². The van der Waals surface area contributed by atoms with Crippen LogP contribution in [0.5, 0.6) is 0 Å². The summed E-state index contributed by atoms with van der Waals surface area (Å²) < 4.78 is 38.1. The maximum atomic E-state index is 14.2. The maximum absolute atomic E-state index is 14.2. The molecular weight excluding hydrogens is 670 g/mol. The molecule has 5 rings (SSSR count). The van der Waals surface area contributed by atoms with Gasteiger partial charge in [0.1, 0.15) is 5.60 Å². The first kappa shape index (κ1) is 40.5. The van der Waals surface area contributed by atoms with E-state index in [0.29, 0.717) is 30.6 Å². The van der Waals surface area contributed by atoms with E-state index in [1.165, 1.54) is 6.92 Å². The van der Waals surface area contributed by atoms with Crippen molar-refractivity contribution in [3.8, 4) is 0 Å². The third kappa shape index (κ3) is 8.51. The number of carbonyl (C=O) groups is 3. The molecule has 0 saturated carbocycles. The lowest BCUT2D eigenvalue weighted by molar-refractivity contribution is -0.338. The molecule has 4 heterocycles. The Morgan fingerprint density at radius 1 is 1.06 bits per heavy atom. The first-order valence-corrected chi connectivity index (χ1v) is 18.7. The van der Waals surface area contributed by atoms with Crippen LogP contribution in [-0.2, 0) is 38.0 Å². The van der Waals surface area contributed by atoms with Crippen LogP contribution in [0.2, 0.25) is 0 Å². The van der Waals surface area contributed by atoms with E-state index in [1.807, 2.05) is 41.8 Å². The fourth-order valence-electron chi connectivity index (χ4n) is 9.25. The highest BCUT2D eigenvalue weighted by Gasteiger charge is 2.57. The molecule has 3 fully saturated rings. The normalized spacial score (nSPS) is 42.0. The first-order valence-electron chi connectivity index (χ1n) is 18.7. The molecule has 2 amide bonds. The third-order valence-corrected chi connectivity index (χ3v) is 11.8. The zero-order chi connectivity index (χ0) is 38.3. The summed E-state index contributed by atoms with van der Waals surface area (Å²) in [7, 11) is 7.41. The molecule has 52 heavy (non-hydrogen) atoms. The predicted octanol–water partition coefficient (Wildman–Crippen LogP) is 4.07. The van der Waals surface area contributed by atoms with Crippen molar-refractivity contribution in [2.45, 2.75) is 134 Å². The summed E-state index contributed by atoms with van der Waals surface area (Å²) in [6, 6.07) is 7.02. The molecule has 0 spiro atoms. The Hall–Kier alpha value is -2.65. The largest absolute Gasteiger partial charge is 0.457 e. The standard InChI is InChI=1S/C39H61N3O10/c1-21-17-39(46)18-29-30(41(8)9)15-22(2)48-37(29)52-33(39)23(3)32(51-31-19-38(7,47-11)34(25(5)49-31)50-26(6)43)24(4)35(44)40-28-14-12-13-27(16-28)36(45)42(10)20-21/h12-14,16,21-25,29-34,37,46H,15,17-20H2,1-11H3,(H,40,44)/t21-,22-,23+,24-,25+,29-,30+,31+,32+,33-,34+,37+,38-,39+/m1/s1. The molecule has 13 nitrogen and oxygen atoms in total. The Kier molecular flexibility index (Phi) is 12.5. The van der Waals surface area contributed by atoms with E-state index in [1.54, 1.807) is 57.2 Å². The molecule has 0 aliphatic carbocycles. The Balaban J connectivity index is 1.56. The number of nitrogens with zero attached hydrogens (tertiary/aromatic N) is 2. The van der Waals surface area contributed by atoms with E-state index < -0.39 is 66.0 Å². The van der Waals surface area contributed by atoms with Gasteiger partial charge in [-0.3, -0.25) is 14.4 Å². The van der Waals surface area contributed by atoms with Gasteiger partial charge in [0.2, 0.25) is 5.91 Å². The number of hydrogen-bond donors (Lipinski definition) is 2. The molecule has 2 bridgehead atoms. The molecule has 14 atom stereocenters. The third-order valence-electron chi connectivity index (χ3n) is 11.8. The van der Waals surface area contributed by atoms with Crippen molar-refractivity contribution in [3.05, 3.63) is 29.8 Å². The average molecular weight is 732 g/mol. The van der Waals surface area contributed by atoms with Crippen molar-refractivity contribution in [3.63, 3.8) is 0 Å².